The molecule has 1 heterocycles. The van der Waals surface area contributed by atoms with Gasteiger partial charge < -0.3 is 20.4 Å². The fourth-order valence-corrected chi connectivity index (χ4v) is 1.91. The Kier molecular flexibility index (Phi) is 2.77. The predicted octanol–water partition coefficient (Wildman–Crippen LogP) is 1.12. The normalized spacial score (nSPS) is 14.6. The fraction of sp³-hybridized carbons (Fsp3) is 0.385. The lowest BCUT2D eigenvalue weighted by Gasteiger charge is -2.13. The van der Waals surface area contributed by atoms with E-state index in [4.69, 9.17) is 10.2 Å². The first kappa shape index (κ1) is 11.8. The van der Waals surface area contributed by atoms with Crippen LogP contribution in [0.5, 0.6) is 0 Å². The number of oxazole rings is 1. The number of nitrogens with zero attached hydrogens (tertiary/aromatic N) is 2. The lowest BCUT2D eigenvalue weighted by molar-refractivity contribution is -0.119. The van der Waals surface area contributed by atoms with Gasteiger partial charge in [0.05, 0.1) is 5.69 Å². The molecule has 2 aromatic rings. The molecule has 0 unspecified atom stereocenters. The van der Waals surface area contributed by atoms with Crippen LogP contribution in [0.25, 0.3) is 11.1 Å². The second-order valence-corrected chi connectivity index (χ2v) is 4.89. The maximum atomic E-state index is 11.7. The summed E-state index contributed by atoms with van der Waals surface area (Å²) in [5, 5.41) is 2.92. The number of nitrogens with one attached hydrogen (secondary N) is 1. The number of amides is 1. The molecule has 0 aliphatic heterocycles. The van der Waals surface area contributed by atoms with Crippen LogP contribution in [-0.2, 0) is 4.79 Å². The van der Waals surface area contributed by atoms with E-state index in [1.54, 1.807) is 24.1 Å². The summed E-state index contributed by atoms with van der Waals surface area (Å²) < 4.78 is 5.59. The number of hydrogen-bond donors (Lipinski definition) is 2. The van der Waals surface area contributed by atoms with Gasteiger partial charge in [-0.2, -0.15) is 4.98 Å². The van der Waals surface area contributed by atoms with Crippen molar-refractivity contribution < 1.29 is 9.21 Å². The van der Waals surface area contributed by atoms with Crippen molar-refractivity contribution in [2.75, 3.05) is 24.2 Å². The zero-order valence-electron chi connectivity index (χ0n) is 10.7. The quantitative estimate of drug-likeness (QED) is 0.805. The van der Waals surface area contributed by atoms with E-state index in [1.807, 2.05) is 6.07 Å². The van der Waals surface area contributed by atoms with Gasteiger partial charge in [-0.15, -0.1) is 0 Å². The Morgan fingerprint density at radius 1 is 1.58 bits per heavy atom. The molecule has 0 bridgehead atoms. The summed E-state index contributed by atoms with van der Waals surface area (Å²) in [7, 11) is 1.77. The van der Waals surface area contributed by atoms with Crippen LogP contribution < -0.4 is 16.0 Å². The molecule has 1 aromatic carbocycles. The van der Waals surface area contributed by atoms with E-state index in [2.05, 4.69) is 10.3 Å². The molecule has 0 atom stereocenters. The van der Waals surface area contributed by atoms with Crippen LogP contribution in [0.2, 0.25) is 0 Å². The Morgan fingerprint density at radius 3 is 3.05 bits per heavy atom. The molecule has 3 rings (SSSR count). The average Bonchev–Trinajstić information content (AvgIpc) is 3.05. The van der Waals surface area contributed by atoms with Crippen LogP contribution in [-0.4, -0.2) is 30.5 Å². The molecule has 1 amide bonds. The average molecular weight is 260 g/mol. The minimum absolute atomic E-state index is 0.0137. The number of hydrogen-bond acceptors (Lipinski definition) is 5. The van der Waals surface area contributed by atoms with E-state index in [-0.39, 0.29) is 12.5 Å². The molecule has 1 aromatic heterocycles. The molecule has 0 saturated heterocycles. The van der Waals surface area contributed by atoms with Crippen LogP contribution in [0.1, 0.15) is 12.8 Å². The summed E-state index contributed by atoms with van der Waals surface area (Å²) >= 11 is 0. The zero-order valence-corrected chi connectivity index (χ0v) is 10.7. The van der Waals surface area contributed by atoms with Gasteiger partial charge in [-0.05, 0) is 25.0 Å². The van der Waals surface area contributed by atoms with Gasteiger partial charge in [0.2, 0.25) is 5.91 Å². The van der Waals surface area contributed by atoms with Crippen molar-refractivity contribution in [2.24, 2.45) is 0 Å². The molecule has 100 valence electrons. The van der Waals surface area contributed by atoms with Crippen molar-refractivity contribution >= 4 is 28.7 Å². The maximum Gasteiger partial charge on any atom is 0.298 e. The molecular formula is C13H16N4O2. The lowest BCUT2D eigenvalue weighted by atomic mass is 10.3. The highest BCUT2D eigenvalue weighted by Crippen LogP contribution is 2.25. The van der Waals surface area contributed by atoms with E-state index in [0.717, 1.165) is 12.8 Å². The lowest BCUT2D eigenvalue weighted by Crippen LogP contribution is -2.36. The fourth-order valence-electron chi connectivity index (χ4n) is 1.91. The number of nitrogens with two attached hydrogens (primary N) is 1. The van der Waals surface area contributed by atoms with Crippen LogP contribution in [0.3, 0.4) is 0 Å². The van der Waals surface area contributed by atoms with E-state index in [0.29, 0.717) is 28.8 Å². The molecule has 0 radical (unpaired) electrons. The number of aromatic nitrogens is 1. The van der Waals surface area contributed by atoms with Gasteiger partial charge in [-0.25, -0.2) is 0 Å². The number of para-hydroxylation sites is 1. The molecule has 6 nitrogen and oxygen atoms in total. The predicted molar refractivity (Wildman–Crippen MR) is 72.9 cm³/mol. The largest absolute Gasteiger partial charge is 0.423 e. The monoisotopic (exact) mass is 260 g/mol. The number of nitrogen functional groups attached to an aromatic ring is 1. The third-order valence-corrected chi connectivity index (χ3v) is 3.09. The van der Waals surface area contributed by atoms with E-state index >= 15 is 0 Å². The Morgan fingerprint density at radius 2 is 2.37 bits per heavy atom. The zero-order chi connectivity index (χ0) is 13.4. The SMILES string of the molecule is CN(CC(=O)NC1CC1)c1nc2c(N)cccc2o1. The van der Waals surface area contributed by atoms with Crippen LogP contribution in [0.15, 0.2) is 22.6 Å². The highest BCUT2D eigenvalue weighted by atomic mass is 16.4. The number of fused-ring (bicyclic) bond motifs is 1. The first-order valence-electron chi connectivity index (χ1n) is 6.29. The van der Waals surface area contributed by atoms with Gasteiger partial charge in [-0.1, -0.05) is 6.07 Å². The number of carbonyl (C=O) groups excluding carboxylic acids is 1. The van der Waals surface area contributed by atoms with E-state index in [1.165, 1.54) is 0 Å². The summed E-state index contributed by atoms with van der Waals surface area (Å²) in [6.07, 6.45) is 2.16. The van der Waals surface area contributed by atoms with Crippen LogP contribution in [0.4, 0.5) is 11.7 Å². The smallest absolute Gasteiger partial charge is 0.298 e. The second kappa shape index (κ2) is 4.46. The highest BCUT2D eigenvalue weighted by molar-refractivity contribution is 5.87. The Balaban J connectivity index is 1.75. The van der Waals surface area contributed by atoms with Crippen molar-refractivity contribution in [1.29, 1.82) is 0 Å². The summed E-state index contributed by atoms with van der Waals surface area (Å²) in [6.45, 7) is 0.225. The van der Waals surface area contributed by atoms with Crippen molar-refractivity contribution in [3.05, 3.63) is 18.2 Å². The minimum Gasteiger partial charge on any atom is -0.423 e. The Labute approximate surface area is 110 Å². The summed E-state index contributed by atoms with van der Waals surface area (Å²) in [5.74, 6) is -0.0137. The van der Waals surface area contributed by atoms with E-state index in [9.17, 15) is 4.79 Å². The molecule has 1 aliphatic rings. The van der Waals surface area contributed by atoms with E-state index < -0.39 is 0 Å². The highest BCUT2D eigenvalue weighted by Gasteiger charge is 2.24. The molecule has 6 heteroatoms. The molecule has 1 saturated carbocycles. The summed E-state index contributed by atoms with van der Waals surface area (Å²) in [5.41, 5.74) is 7.66. The van der Waals surface area contributed by atoms with Crippen molar-refractivity contribution in [2.45, 2.75) is 18.9 Å². The van der Waals surface area contributed by atoms with Gasteiger partial charge in [0, 0.05) is 13.1 Å². The summed E-state index contributed by atoms with van der Waals surface area (Å²) in [6, 6.07) is 6.15. The van der Waals surface area contributed by atoms with Crippen molar-refractivity contribution in [1.82, 2.24) is 10.3 Å². The maximum absolute atomic E-state index is 11.7. The molecule has 1 aliphatic carbocycles. The van der Waals surface area contributed by atoms with Gasteiger partial charge >= 0.3 is 0 Å². The molecule has 0 spiro atoms. The van der Waals surface area contributed by atoms with Crippen LogP contribution >= 0.6 is 0 Å². The van der Waals surface area contributed by atoms with Gasteiger partial charge in [0.25, 0.3) is 6.01 Å². The third-order valence-electron chi connectivity index (χ3n) is 3.09. The first-order chi connectivity index (χ1) is 9.13. The number of anilines is 2. The Hall–Kier alpha value is -2.24. The molecule has 1 fully saturated rings. The van der Waals surface area contributed by atoms with Gasteiger partial charge in [0.1, 0.15) is 12.1 Å². The van der Waals surface area contributed by atoms with Crippen molar-refractivity contribution in [3.8, 4) is 0 Å². The standard InChI is InChI=1S/C13H16N4O2/c1-17(7-11(18)15-8-5-6-8)13-16-12-9(14)3-2-4-10(12)19-13/h2-4,8H,5-7,14H2,1H3,(H,15,18). The summed E-state index contributed by atoms with van der Waals surface area (Å²) in [4.78, 5) is 17.7. The minimum atomic E-state index is -0.0137. The topological polar surface area (TPSA) is 84.4 Å². The number of likely N-dealkylation sites (N-methyl/N-ethyl adjacent to an activating group) is 1. The number of carbonyl (C=O) groups is 1. The molecule has 19 heavy (non-hydrogen) atoms. The first-order valence-corrected chi connectivity index (χ1v) is 6.29. The second-order valence-electron chi connectivity index (χ2n) is 4.89. The molecule has 3 N–H and O–H groups in total. The number of benzene rings is 1. The number of rotatable bonds is 4. The third kappa shape index (κ3) is 2.47. The van der Waals surface area contributed by atoms with Crippen molar-refractivity contribution in [3.63, 3.8) is 0 Å². The van der Waals surface area contributed by atoms with Gasteiger partial charge in [-0.3, -0.25) is 4.79 Å². The van der Waals surface area contributed by atoms with Gasteiger partial charge in [0.15, 0.2) is 5.58 Å². The van der Waals surface area contributed by atoms with Crippen LogP contribution in [0, 0.1) is 0 Å². The Bertz CT molecular complexity index is 618. The molecular weight excluding hydrogens is 244 g/mol.